The minimum absolute atomic E-state index is 0.0861. The Morgan fingerprint density at radius 2 is 2.33 bits per heavy atom. The zero-order valence-corrected chi connectivity index (χ0v) is 11.8. The standard InChI is InChI=1S/C14H18N6O/c21-13(11-2-6-20-12(8-11)16-17-18-20)19-7-4-14(10-19)3-1-5-15-9-14/h2,6,8,15H,1,3-5,7,9-10H2/t14-/m1/s1. The number of hydrogen-bond donors (Lipinski definition) is 1. The molecule has 2 aromatic rings. The number of rotatable bonds is 1. The maximum Gasteiger partial charge on any atom is 0.254 e. The zero-order valence-electron chi connectivity index (χ0n) is 11.8. The van der Waals surface area contributed by atoms with Gasteiger partial charge in [-0.25, -0.2) is 4.52 Å². The third-order valence-electron chi connectivity index (χ3n) is 4.73. The fraction of sp³-hybridized carbons (Fsp3) is 0.571. The van der Waals surface area contributed by atoms with E-state index in [9.17, 15) is 4.79 Å². The second kappa shape index (κ2) is 4.77. The van der Waals surface area contributed by atoms with E-state index in [4.69, 9.17) is 0 Å². The van der Waals surface area contributed by atoms with Gasteiger partial charge in [0, 0.05) is 36.8 Å². The van der Waals surface area contributed by atoms with Crippen LogP contribution in [0.25, 0.3) is 5.65 Å². The smallest absolute Gasteiger partial charge is 0.254 e. The van der Waals surface area contributed by atoms with Crippen LogP contribution in [-0.4, -0.2) is 57.0 Å². The highest BCUT2D eigenvalue weighted by Gasteiger charge is 2.40. The van der Waals surface area contributed by atoms with Crippen molar-refractivity contribution in [2.45, 2.75) is 19.3 Å². The summed E-state index contributed by atoms with van der Waals surface area (Å²) in [6.07, 6.45) is 5.26. The van der Waals surface area contributed by atoms with Gasteiger partial charge < -0.3 is 10.2 Å². The maximum atomic E-state index is 12.7. The van der Waals surface area contributed by atoms with Gasteiger partial charge in [0.1, 0.15) is 0 Å². The number of aromatic nitrogens is 4. The maximum absolute atomic E-state index is 12.7. The van der Waals surface area contributed by atoms with E-state index in [1.165, 1.54) is 12.8 Å². The molecule has 0 radical (unpaired) electrons. The SMILES string of the molecule is O=C(c1ccn2nnnc2c1)N1CC[C@@]2(CCCNC2)C1. The number of likely N-dealkylation sites (tertiary alicyclic amines) is 1. The lowest BCUT2D eigenvalue weighted by Gasteiger charge is -2.33. The molecule has 1 N–H and O–H groups in total. The summed E-state index contributed by atoms with van der Waals surface area (Å²) in [5.74, 6) is 0.0861. The lowest BCUT2D eigenvalue weighted by molar-refractivity contribution is 0.0764. The van der Waals surface area contributed by atoms with Crippen molar-refractivity contribution in [2.75, 3.05) is 26.2 Å². The van der Waals surface area contributed by atoms with Crippen molar-refractivity contribution >= 4 is 11.6 Å². The van der Waals surface area contributed by atoms with Crippen LogP contribution >= 0.6 is 0 Å². The molecule has 21 heavy (non-hydrogen) atoms. The van der Waals surface area contributed by atoms with Crippen LogP contribution in [-0.2, 0) is 0 Å². The van der Waals surface area contributed by atoms with Crippen LogP contribution in [0.4, 0.5) is 0 Å². The molecule has 4 rings (SSSR count). The van der Waals surface area contributed by atoms with Crippen LogP contribution in [0.15, 0.2) is 18.3 Å². The first kappa shape index (κ1) is 12.7. The number of pyridine rings is 1. The summed E-state index contributed by atoms with van der Waals surface area (Å²) < 4.78 is 1.56. The lowest BCUT2D eigenvalue weighted by atomic mass is 9.80. The molecule has 2 fully saturated rings. The molecule has 110 valence electrons. The van der Waals surface area contributed by atoms with Crippen molar-refractivity contribution in [3.05, 3.63) is 23.9 Å². The normalized spacial score (nSPS) is 25.8. The molecule has 0 unspecified atom stereocenters. The first-order chi connectivity index (χ1) is 10.3. The second-order valence-electron chi connectivity index (χ2n) is 6.15. The van der Waals surface area contributed by atoms with E-state index in [0.717, 1.165) is 32.6 Å². The topological polar surface area (TPSA) is 75.4 Å². The van der Waals surface area contributed by atoms with E-state index in [1.807, 2.05) is 4.90 Å². The highest BCUT2D eigenvalue weighted by Crippen LogP contribution is 2.36. The van der Waals surface area contributed by atoms with Crippen LogP contribution < -0.4 is 5.32 Å². The number of carbonyl (C=O) groups excluding carboxylic acids is 1. The summed E-state index contributed by atoms with van der Waals surface area (Å²) in [6, 6.07) is 3.54. The molecule has 7 heteroatoms. The molecule has 2 aliphatic rings. The Labute approximate surface area is 122 Å². The molecule has 4 heterocycles. The van der Waals surface area contributed by atoms with Gasteiger partial charge in [0.05, 0.1) is 0 Å². The molecule has 7 nitrogen and oxygen atoms in total. The van der Waals surface area contributed by atoms with Crippen LogP contribution in [0.2, 0.25) is 0 Å². The van der Waals surface area contributed by atoms with Crippen molar-refractivity contribution < 1.29 is 4.79 Å². The van der Waals surface area contributed by atoms with E-state index < -0.39 is 0 Å². The molecule has 0 aromatic carbocycles. The Kier molecular flexibility index (Phi) is 2.88. The first-order valence-corrected chi connectivity index (χ1v) is 7.44. The molecule has 2 aromatic heterocycles. The Bertz CT molecular complexity index is 675. The van der Waals surface area contributed by atoms with Crippen molar-refractivity contribution in [3.63, 3.8) is 0 Å². The fourth-order valence-electron chi connectivity index (χ4n) is 3.54. The molecule has 0 aliphatic carbocycles. The highest BCUT2D eigenvalue weighted by molar-refractivity contribution is 5.95. The average molecular weight is 286 g/mol. The largest absolute Gasteiger partial charge is 0.338 e. The highest BCUT2D eigenvalue weighted by atomic mass is 16.2. The van der Waals surface area contributed by atoms with Crippen LogP contribution in [0.5, 0.6) is 0 Å². The van der Waals surface area contributed by atoms with E-state index in [2.05, 4.69) is 20.8 Å². The number of hydrogen-bond acceptors (Lipinski definition) is 5. The van der Waals surface area contributed by atoms with Gasteiger partial charge in [-0.05, 0) is 48.4 Å². The van der Waals surface area contributed by atoms with Gasteiger partial charge in [-0.2, -0.15) is 0 Å². The number of nitrogens with zero attached hydrogens (tertiary/aromatic N) is 5. The zero-order chi connectivity index (χ0) is 14.3. The quantitative estimate of drug-likeness (QED) is 0.818. The van der Waals surface area contributed by atoms with E-state index in [-0.39, 0.29) is 11.3 Å². The summed E-state index contributed by atoms with van der Waals surface area (Å²) in [6.45, 7) is 3.84. The van der Waals surface area contributed by atoms with Crippen molar-refractivity contribution in [3.8, 4) is 0 Å². The molecule has 1 spiro atoms. The van der Waals surface area contributed by atoms with Crippen LogP contribution in [0, 0.1) is 5.41 Å². The molecule has 2 saturated heterocycles. The van der Waals surface area contributed by atoms with E-state index in [1.54, 1.807) is 22.8 Å². The van der Waals surface area contributed by atoms with Gasteiger partial charge in [0.25, 0.3) is 5.91 Å². The predicted molar refractivity (Wildman–Crippen MR) is 75.8 cm³/mol. The van der Waals surface area contributed by atoms with Gasteiger partial charge in [0.2, 0.25) is 0 Å². The Morgan fingerprint density at radius 1 is 1.38 bits per heavy atom. The lowest BCUT2D eigenvalue weighted by Crippen LogP contribution is -2.42. The Balaban J connectivity index is 1.54. The van der Waals surface area contributed by atoms with Gasteiger partial charge in [0.15, 0.2) is 5.65 Å². The van der Waals surface area contributed by atoms with E-state index in [0.29, 0.717) is 11.2 Å². The molecule has 0 saturated carbocycles. The van der Waals surface area contributed by atoms with Crippen LogP contribution in [0.1, 0.15) is 29.6 Å². The monoisotopic (exact) mass is 286 g/mol. The summed E-state index contributed by atoms with van der Waals surface area (Å²) in [7, 11) is 0. The predicted octanol–water partition coefficient (Wildman–Crippen LogP) is 0.340. The molecular formula is C14H18N6O. The summed E-state index contributed by atoms with van der Waals surface area (Å²) in [5, 5.41) is 14.8. The van der Waals surface area contributed by atoms with Gasteiger partial charge >= 0.3 is 0 Å². The number of tetrazole rings is 1. The Morgan fingerprint density at radius 3 is 3.19 bits per heavy atom. The van der Waals surface area contributed by atoms with Gasteiger partial charge in [-0.3, -0.25) is 4.79 Å². The van der Waals surface area contributed by atoms with Crippen molar-refractivity contribution in [1.29, 1.82) is 0 Å². The number of amides is 1. The minimum atomic E-state index is 0.0861. The Hall–Kier alpha value is -2.02. The second-order valence-corrected chi connectivity index (χ2v) is 6.15. The minimum Gasteiger partial charge on any atom is -0.338 e. The molecule has 1 amide bonds. The fourth-order valence-corrected chi connectivity index (χ4v) is 3.54. The summed E-state index contributed by atoms with van der Waals surface area (Å²) in [4.78, 5) is 14.6. The molecular weight excluding hydrogens is 268 g/mol. The third kappa shape index (κ3) is 2.17. The number of carbonyl (C=O) groups is 1. The van der Waals surface area contributed by atoms with Crippen LogP contribution in [0.3, 0.4) is 0 Å². The van der Waals surface area contributed by atoms with Gasteiger partial charge in [-0.15, -0.1) is 5.10 Å². The number of nitrogens with one attached hydrogen (secondary N) is 1. The van der Waals surface area contributed by atoms with E-state index >= 15 is 0 Å². The number of piperidine rings is 1. The summed E-state index contributed by atoms with van der Waals surface area (Å²) in [5.41, 5.74) is 1.56. The van der Waals surface area contributed by atoms with Crippen molar-refractivity contribution in [2.24, 2.45) is 5.41 Å². The molecule has 2 aliphatic heterocycles. The molecule has 0 bridgehead atoms. The summed E-state index contributed by atoms with van der Waals surface area (Å²) >= 11 is 0. The van der Waals surface area contributed by atoms with Crippen molar-refractivity contribution in [1.82, 2.24) is 30.3 Å². The van der Waals surface area contributed by atoms with Gasteiger partial charge in [-0.1, -0.05) is 0 Å². The first-order valence-electron chi connectivity index (χ1n) is 7.44. The average Bonchev–Trinajstić information content (AvgIpc) is 3.14. The number of fused-ring (bicyclic) bond motifs is 1. The third-order valence-corrected chi connectivity index (χ3v) is 4.73. The molecule has 1 atom stereocenters.